The Morgan fingerprint density at radius 1 is 0.771 bits per heavy atom. The van der Waals surface area contributed by atoms with Crippen molar-refractivity contribution < 1.29 is 20.1 Å². The maximum Gasteiger partial charge on any atom is 0.0834 e. The number of nitrogens with zero attached hydrogens (tertiary/aromatic N) is 7. The van der Waals surface area contributed by atoms with Crippen LogP contribution in [0, 0.1) is 37.3 Å². The largest absolute Gasteiger partial charge is 0.350 e. The Bertz CT molecular complexity index is 2410. The number of para-hydroxylation sites is 2. The number of hydrogen-bond donors (Lipinski definition) is 0. The Morgan fingerprint density at radius 3 is 2.15 bits per heavy atom. The zero-order chi connectivity index (χ0) is 32.5. The second-order valence-corrected chi connectivity index (χ2v) is 11.6. The SMILES string of the molecule is Cc1cc2c(c(C)n1)c1cccc(-c3cc[c-]c(-c4cn(C)cn4)c3)c1n2-c1ccccc1.Cn1cnc(-c2[c-]cc(C#N)cc2)c1.[Ir]. The number of aryl methyl sites for hydroxylation is 4. The van der Waals surface area contributed by atoms with Crippen LogP contribution in [0.3, 0.4) is 0 Å². The summed E-state index contributed by atoms with van der Waals surface area (Å²) in [6, 6.07) is 39.3. The van der Waals surface area contributed by atoms with Crippen molar-refractivity contribution in [2.24, 2.45) is 14.1 Å². The summed E-state index contributed by atoms with van der Waals surface area (Å²) in [6.07, 6.45) is 7.50. The van der Waals surface area contributed by atoms with Crippen LogP contribution in [-0.2, 0) is 34.2 Å². The van der Waals surface area contributed by atoms with Gasteiger partial charge in [-0.1, -0.05) is 42.0 Å². The summed E-state index contributed by atoms with van der Waals surface area (Å²) >= 11 is 0. The molecule has 0 N–H and O–H groups in total. The first-order valence-corrected chi connectivity index (χ1v) is 15.3. The Hall–Kier alpha value is -5.61. The maximum absolute atomic E-state index is 8.61. The van der Waals surface area contributed by atoms with E-state index in [2.05, 4.69) is 113 Å². The molecule has 0 aliphatic heterocycles. The predicted octanol–water partition coefficient (Wildman–Crippen LogP) is 8.42. The number of hydrogen-bond acceptors (Lipinski definition) is 4. The zero-order valence-electron chi connectivity index (χ0n) is 26.9. The number of aromatic nitrogens is 6. The Balaban J connectivity index is 0.000000225. The van der Waals surface area contributed by atoms with Crippen LogP contribution in [0.5, 0.6) is 0 Å². The first kappa shape index (κ1) is 32.3. The number of nitriles is 1. The number of fused-ring (bicyclic) bond motifs is 3. The summed E-state index contributed by atoms with van der Waals surface area (Å²) < 4.78 is 6.21. The molecule has 4 heterocycles. The number of imidazole rings is 2. The third-order valence-electron chi connectivity index (χ3n) is 8.11. The molecule has 0 aliphatic carbocycles. The molecule has 0 spiro atoms. The molecule has 0 atom stereocenters. The summed E-state index contributed by atoms with van der Waals surface area (Å²) in [5, 5.41) is 11.0. The molecule has 8 rings (SSSR count). The van der Waals surface area contributed by atoms with Crippen LogP contribution in [-0.4, -0.2) is 28.7 Å². The van der Waals surface area contributed by atoms with Crippen molar-refractivity contribution in [1.82, 2.24) is 28.7 Å². The minimum Gasteiger partial charge on any atom is -0.350 e. The summed E-state index contributed by atoms with van der Waals surface area (Å²) in [5.41, 5.74) is 12.2. The van der Waals surface area contributed by atoms with Crippen molar-refractivity contribution in [3.8, 4) is 45.4 Å². The number of benzene rings is 4. The molecule has 0 amide bonds. The zero-order valence-corrected chi connectivity index (χ0v) is 29.3. The van der Waals surface area contributed by atoms with E-state index in [0.29, 0.717) is 5.56 Å². The Kier molecular flexibility index (Phi) is 9.18. The average Bonchev–Trinajstić information content (AvgIpc) is 3.82. The molecule has 48 heavy (non-hydrogen) atoms. The molecule has 8 aromatic rings. The predicted molar refractivity (Wildman–Crippen MR) is 187 cm³/mol. The van der Waals surface area contributed by atoms with Gasteiger partial charge >= 0.3 is 0 Å². The smallest absolute Gasteiger partial charge is 0.0834 e. The fourth-order valence-corrected chi connectivity index (χ4v) is 6.04. The van der Waals surface area contributed by atoms with Gasteiger partial charge in [-0.3, -0.25) is 15.0 Å². The van der Waals surface area contributed by atoms with Crippen LogP contribution in [0.2, 0.25) is 0 Å². The van der Waals surface area contributed by atoms with Crippen LogP contribution in [0.15, 0.2) is 116 Å². The summed E-state index contributed by atoms with van der Waals surface area (Å²) in [6.45, 7) is 4.17. The van der Waals surface area contributed by atoms with Crippen molar-refractivity contribution in [2.45, 2.75) is 13.8 Å². The van der Waals surface area contributed by atoms with Crippen molar-refractivity contribution in [3.05, 3.63) is 145 Å². The first-order valence-electron chi connectivity index (χ1n) is 15.3. The monoisotopic (exact) mass is 802 g/mol. The third kappa shape index (κ3) is 6.22. The van der Waals surface area contributed by atoms with Gasteiger partial charge in [0.25, 0.3) is 0 Å². The van der Waals surface area contributed by atoms with Crippen LogP contribution >= 0.6 is 0 Å². The van der Waals surface area contributed by atoms with Crippen LogP contribution in [0.1, 0.15) is 17.0 Å². The van der Waals surface area contributed by atoms with Crippen molar-refractivity contribution >= 4 is 21.8 Å². The molecule has 0 saturated carbocycles. The molecule has 0 bridgehead atoms. The van der Waals surface area contributed by atoms with Crippen molar-refractivity contribution in [2.75, 3.05) is 0 Å². The Labute approximate surface area is 293 Å². The van der Waals surface area contributed by atoms with E-state index < -0.39 is 0 Å². The molecule has 0 aliphatic rings. The van der Waals surface area contributed by atoms with E-state index in [4.69, 9.17) is 10.2 Å². The second kappa shape index (κ2) is 13.6. The van der Waals surface area contributed by atoms with Gasteiger partial charge in [0.05, 0.1) is 23.7 Å². The van der Waals surface area contributed by atoms with Crippen molar-refractivity contribution in [1.29, 1.82) is 5.26 Å². The molecule has 1 radical (unpaired) electrons. The molecular formula is C40H31IrN7-2. The van der Waals surface area contributed by atoms with E-state index in [1.165, 1.54) is 27.4 Å². The van der Waals surface area contributed by atoms with Gasteiger partial charge in [-0.25, -0.2) is 5.26 Å². The van der Waals surface area contributed by atoms with E-state index in [1.54, 1.807) is 18.5 Å². The fourth-order valence-electron chi connectivity index (χ4n) is 6.04. The van der Waals surface area contributed by atoms with Crippen LogP contribution < -0.4 is 0 Å². The summed E-state index contributed by atoms with van der Waals surface area (Å²) in [4.78, 5) is 13.5. The summed E-state index contributed by atoms with van der Waals surface area (Å²) in [7, 11) is 3.90. The number of pyridine rings is 1. The summed E-state index contributed by atoms with van der Waals surface area (Å²) in [5.74, 6) is 0. The van der Waals surface area contributed by atoms with E-state index >= 15 is 0 Å². The molecule has 237 valence electrons. The molecule has 4 aromatic heterocycles. The minimum absolute atomic E-state index is 0. The molecule has 0 saturated heterocycles. The molecule has 0 fully saturated rings. The second-order valence-electron chi connectivity index (χ2n) is 11.6. The van der Waals surface area contributed by atoms with Gasteiger partial charge in [0.1, 0.15) is 0 Å². The average molecular weight is 802 g/mol. The topological polar surface area (TPSA) is 77.2 Å². The van der Waals surface area contributed by atoms with E-state index in [0.717, 1.165) is 45.2 Å². The normalized spacial score (nSPS) is 10.7. The standard InChI is InChI=1S/C29H23N4.C11H8N3.Ir/c1-19-15-27-28(20(2)31-19)25-14-8-13-24(29(25)33(27)23-11-5-4-6-12-23)21-9-7-10-22(16-21)26-17-32(3)18-30-26;1-14-7-11(13-8-14)10-4-2-9(6-12)3-5-10;/h4-9,11-18H,1-3H3;2-4,7-8H,1H3;/q2*-1;. The maximum atomic E-state index is 8.61. The molecule has 4 aromatic carbocycles. The van der Waals surface area contributed by atoms with Gasteiger partial charge in [0.15, 0.2) is 0 Å². The fraction of sp³-hybridized carbons (Fsp3) is 0.100. The Morgan fingerprint density at radius 2 is 1.50 bits per heavy atom. The molecule has 7 nitrogen and oxygen atoms in total. The molecule has 8 heteroatoms. The van der Waals surface area contributed by atoms with Gasteiger partial charge in [-0.05, 0) is 55.6 Å². The quantitative estimate of drug-likeness (QED) is 0.168. The first-order chi connectivity index (χ1) is 22.9. The van der Waals surface area contributed by atoms with E-state index in [1.807, 2.05) is 54.1 Å². The number of rotatable bonds is 4. The third-order valence-corrected chi connectivity index (χ3v) is 8.11. The van der Waals surface area contributed by atoms with E-state index in [-0.39, 0.29) is 20.1 Å². The van der Waals surface area contributed by atoms with Gasteiger partial charge in [0, 0.05) is 79.5 Å². The molecule has 0 unspecified atom stereocenters. The van der Waals surface area contributed by atoms with Crippen molar-refractivity contribution in [3.63, 3.8) is 0 Å². The minimum atomic E-state index is 0. The van der Waals surface area contributed by atoms with Crippen LogP contribution in [0.4, 0.5) is 0 Å². The molecular weight excluding hydrogens is 771 g/mol. The van der Waals surface area contributed by atoms with Gasteiger partial charge in [0.2, 0.25) is 0 Å². The van der Waals surface area contributed by atoms with Gasteiger partial charge in [-0.15, -0.1) is 59.7 Å². The van der Waals surface area contributed by atoms with Gasteiger partial charge < -0.3 is 13.7 Å². The van der Waals surface area contributed by atoms with Gasteiger partial charge in [-0.2, -0.15) is 0 Å². The van der Waals surface area contributed by atoms with E-state index in [9.17, 15) is 0 Å². The van der Waals surface area contributed by atoms with Crippen LogP contribution in [0.25, 0.3) is 61.1 Å².